The molecule has 0 atom stereocenters. The molecule has 0 bridgehead atoms. The molecular weight excluding hydrogens is 268 g/mol. The van der Waals surface area contributed by atoms with Gasteiger partial charge in [-0.15, -0.1) is 0 Å². The summed E-state index contributed by atoms with van der Waals surface area (Å²) in [6.07, 6.45) is 0. The van der Waals surface area contributed by atoms with Crippen LogP contribution in [0.4, 0.5) is 5.82 Å². The quantitative estimate of drug-likeness (QED) is 0.817. The number of halogens is 1. The number of hydrogen-bond donors (Lipinski definition) is 2. The van der Waals surface area contributed by atoms with Crippen LogP contribution >= 0.6 is 11.6 Å². The lowest BCUT2D eigenvalue weighted by Crippen LogP contribution is -2.27. The van der Waals surface area contributed by atoms with Gasteiger partial charge >= 0.3 is 0 Å². The van der Waals surface area contributed by atoms with Crippen LogP contribution in [0.3, 0.4) is 0 Å². The minimum atomic E-state index is -0.224. The minimum absolute atomic E-state index is 0.186. The Morgan fingerprint density at radius 1 is 1.47 bits per heavy atom. The van der Waals surface area contributed by atoms with Gasteiger partial charge in [0.2, 0.25) is 0 Å². The molecular formula is C11H13ClN6O. The fourth-order valence-corrected chi connectivity index (χ4v) is 1.82. The van der Waals surface area contributed by atoms with E-state index in [0.29, 0.717) is 23.8 Å². The highest BCUT2D eigenvalue weighted by Crippen LogP contribution is 2.14. The maximum absolute atomic E-state index is 12.2. The van der Waals surface area contributed by atoms with Gasteiger partial charge in [0, 0.05) is 12.6 Å². The number of nitrogens with two attached hydrogens (primary N) is 1. The third-order valence-electron chi connectivity index (χ3n) is 2.43. The number of amides is 1. The molecule has 3 N–H and O–H groups in total. The highest BCUT2D eigenvalue weighted by Gasteiger charge is 2.15. The standard InChI is InChI=1S/C11H13ClN6O/c1-6-14-10(17-16-6)5-18(2)11(19)7-3-8(12)15-9(13)4-7/h3-4H,5H2,1-2H3,(H2,13,15)(H,14,16,17). The number of hydrogen-bond acceptors (Lipinski definition) is 5. The molecule has 2 heterocycles. The molecule has 0 aliphatic heterocycles. The summed E-state index contributed by atoms with van der Waals surface area (Å²) < 4.78 is 0. The number of aromatic nitrogens is 4. The Hall–Kier alpha value is -2.15. The van der Waals surface area contributed by atoms with Crippen molar-refractivity contribution in [2.45, 2.75) is 13.5 Å². The fraction of sp³-hybridized carbons (Fsp3) is 0.273. The van der Waals surface area contributed by atoms with Crippen LogP contribution < -0.4 is 5.73 Å². The van der Waals surface area contributed by atoms with E-state index in [1.807, 2.05) is 0 Å². The van der Waals surface area contributed by atoms with E-state index >= 15 is 0 Å². The Morgan fingerprint density at radius 2 is 2.21 bits per heavy atom. The van der Waals surface area contributed by atoms with E-state index in [2.05, 4.69) is 20.2 Å². The van der Waals surface area contributed by atoms with E-state index < -0.39 is 0 Å². The van der Waals surface area contributed by atoms with Crippen LogP contribution in [0.5, 0.6) is 0 Å². The van der Waals surface area contributed by atoms with E-state index in [1.165, 1.54) is 17.0 Å². The number of aryl methyl sites for hydroxylation is 1. The summed E-state index contributed by atoms with van der Waals surface area (Å²) in [5, 5.41) is 6.88. The van der Waals surface area contributed by atoms with E-state index in [4.69, 9.17) is 17.3 Å². The van der Waals surface area contributed by atoms with E-state index in [0.717, 1.165) is 0 Å². The van der Waals surface area contributed by atoms with Gasteiger partial charge in [0.1, 0.15) is 16.8 Å². The van der Waals surface area contributed by atoms with E-state index in [9.17, 15) is 4.79 Å². The van der Waals surface area contributed by atoms with Gasteiger partial charge in [0.25, 0.3) is 5.91 Å². The molecule has 0 fully saturated rings. The largest absolute Gasteiger partial charge is 0.384 e. The lowest BCUT2D eigenvalue weighted by Gasteiger charge is -2.15. The monoisotopic (exact) mass is 280 g/mol. The molecule has 8 heteroatoms. The molecule has 1 amide bonds. The molecule has 0 unspecified atom stereocenters. The Bertz CT molecular complexity index is 591. The zero-order valence-electron chi connectivity index (χ0n) is 10.5. The van der Waals surface area contributed by atoms with Gasteiger partial charge in [0.15, 0.2) is 5.82 Å². The summed E-state index contributed by atoms with van der Waals surface area (Å²) in [6, 6.07) is 2.95. The molecule has 2 rings (SSSR count). The first-order valence-electron chi connectivity index (χ1n) is 5.52. The third-order valence-corrected chi connectivity index (χ3v) is 2.62. The molecule has 2 aromatic heterocycles. The summed E-state index contributed by atoms with van der Waals surface area (Å²) in [5.41, 5.74) is 5.94. The number of pyridine rings is 1. The van der Waals surface area contributed by atoms with Gasteiger partial charge < -0.3 is 10.6 Å². The molecule has 0 spiro atoms. The predicted molar refractivity (Wildman–Crippen MR) is 70.6 cm³/mol. The van der Waals surface area contributed by atoms with Gasteiger partial charge in [0.05, 0.1) is 6.54 Å². The summed E-state index contributed by atoms with van der Waals surface area (Å²) in [6.45, 7) is 2.09. The zero-order valence-corrected chi connectivity index (χ0v) is 11.3. The number of nitrogens with one attached hydrogen (secondary N) is 1. The normalized spacial score (nSPS) is 10.5. The highest BCUT2D eigenvalue weighted by molar-refractivity contribution is 6.29. The van der Waals surface area contributed by atoms with Crippen LogP contribution in [0.2, 0.25) is 5.15 Å². The van der Waals surface area contributed by atoms with Crippen molar-refractivity contribution in [3.63, 3.8) is 0 Å². The molecule has 100 valence electrons. The van der Waals surface area contributed by atoms with Crippen molar-refractivity contribution in [2.24, 2.45) is 0 Å². The molecule has 0 saturated heterocycles. The van der Waals surface area contributed by atoms with Crippen molar-refractivity contribution < 1.29 is 4.79 Å². The van der Waals surface area contributed by atoms with Crippen molar-refractivity contribution in [2.75, 3.05) is 12.8 Å². The Labute approximate surface area is 114 Å². The van der Waals surface area contributed by atoms with Gasteiger partial charge in [-0.25, -0.2) is 9.97 Å². The highest BCUT2D eigenvalue weighted by atomic mass is 35.5. The summed E-state index contributed by atoms with van der Waals surface area (Å²) in [7, 11) is 1.65. The maximum Gasteiger partial charge on any atom is 0.254 e. The van der Waals surface area contributed by atoms with Gasteiger partial charge in [-0.3, -0.25) is 9.89 Å². The first-order valence-corrected chi connectivity index (χ1v) is 5.90. The van der Waals surface area contributed by atoms with Gasteiger partial charge in [-0.1, -0.05) is 11.6 Å². The predicted octanol–water partition coefficient (Wildman–Crippen LogP) is 1.02. The molecule has 0 aliphatic rings. The number of carbonyl (C=O) groups excluding carboxylic acids is 1. The van der Waals surface area contributed by atoms with Crippen LogP contribution in [0.15, 0.2) is 12.1 Å². The summed E-state index contributed by atoms with van der Waals surface area (Å²) in [4.78, 5) is 21.6. The number of nitrogens with zero attached hydrogens (tertiary/aromatic N) is 4. The second-order valence-electron chi connectivity index (χ2n) is 4.10. The Balaban J connectivity index is 2.14. The third kappa shape index (κ3) is 3.19. The molecule has 0 aliphatic carbocycles. The number of carbonyl (C=O) groups is 1. The molecule has 2 aromatic rings. The van der Waals surface area contributed by atoms with E-state index in [1.54, 1.807) is 14.0 Å². The van der Waals surface area contributed by atoms with Gasteiger partial charge in [-0.2, -0.15) is 5.10 Å². The van der Waals surface area contributed by atoms with Crippen LogP contribution in [0, 0.1) is 6.92 Å². The van der Waals surface area contributed by atoms with E-state index in [-0.39, 0.29) is 16.9 Å². The average molecular weight is 281 g/mol. The lowest BCUT2D eigenvalue weighted by molar-refractivity contribution is 0.0781. The second-order valence-corrected chi connectivity index (χ2v) is 4.49. The van der Waals surface area contributed by atoms with Crippen molar-refractivity contribution in [3.8, 4) is 0 Å². The van der Waals surface area contributed by atoms with Crippen LogP contribution in [-0.4, -0.2) is 38.0 Å². The van der Waals surface area contributed by atoms with Crippen LogP contribution in [0.1, 0.15) is 22.0 Å². The minimum Gasteiger partial charge on any atom is -0.384 e. The number of anilines is 1. The smallest absolute Gasteiger partial charge is 0.254 e. The maximum atomic E-state index is 12.2. The SMILES string of the molecule is Cc1nc(CN(C)C(=O)c2cc(N)nc(Cl)c2)n[nH]1. The van der Waals surface area contributed by atoms with Crippen molar-refractivity contribution in [1.82, 2.24) is 25.1 Å². The summed E-state index contributed by atoms with van der Waals surface area (Å²) in [5.74, 6) is 1.23. The lowest BCUT2D eigenvalue weighted by atomic mass is 10.2. The van der Waals surface area contributed by atoms with Crippen molar-refractivity contribution >= 4 is 23.3 Å². The average Bonchev–Trinajstić information content (AvgIpc) is 2.72. The number of aromatic amines is 1. The van der Waals surface area contributed by atoms with Crippen molar-refractivity contribution in [3.05, 3.63) is 34.5 Å². The number of nitrogen functional groups attached to an aromatic ring is 1. The first-order chi connectivity index (χ1) is 8.95. The zero-order chi connectivity index (χ0) is 14.0. The van der Waals surface area contributed by atoms with Crippen LogP contribution in [-0.2, 0) is 6.54 Å². The van der Waals surface area contributed by atoms with Crippen LogP contribution in [0.25, 0.3) is 0 Å². The van der Waals surface area contributed by atoms with Crippen molar-refractivity contribution in [1.29, 1.82) is 0 Å². The fourth-order valence-electron chi connectivity index (χ4n) is 1.60. The Morgan fingerprint density at radius 3 is 2.79 bits per heavy atom. The summed E-state index contributed by atoms with van der Waals surface area (Å²) >= 11 is 5.77. The molecule has 19 heavy (non-hydrogen) atoms. The number of H-pyrrole nitrogens is 1. The molecule has 0 saturated carbocycles. The topological polar surface area (TPSA) is 101 Å². The second kappa shape index (κ2) is 5.23. The Kier molecular flexibility index (Phi) is 3.66. The molecule has 0 radical (unpaired) electrons. The van der Waals surface area contributed by atoms with Gasteiger partial charge in [-0.05, 0) is 19.1 Å². The molecule has 7 nitrogen and oxygen atoms in total. The first kappa shape index (κ1) is 13.3. The molecule has 0 aromatic carbocycles. The number of rotatable bonds is 3.